The molecular formula is C23H31FO5. The zero-order chi connectivity index (χ0) is 21.4. The molecule has 5 nitrogen and oxygen atoms in total. The van der Waals surface area contributed by atoms with Gasteiger partial charge in [-0.1, -0.05) is 19.4 Å². The van der Waals surface area contributed by atoms with Gasteiger partial charge < -0.3 is 9.84 Å². The number of aliphatic hydroxyl groups excluding tert-OH is 1. The number of fused-ring (bicyclic) bond motifs is 5. The Hall–Kier alpha value is -1.56. The van der Waals surface area contributed by atoms with Crippen molar-refractivity contribution in [2.24, 2.45) is 22.7 Å². The quantitative estimate of drug-likeness (QED) is 0.710. The van der Waals surface area contributed by atoms with Crippen molar-refractivity contribution in [2.75, 3.05) is 0 Å². The molecule has 4 aliphatic carbocycles. The van der Waals surface area contributed by atoms with Crippen molar-refractivity contribution in [2.45, 2.75) is 90.0 Å². The van der Waals surface area contributed by atoms with E-state index in [4.69, 9.17) is 4.74 Å². The van der Waals surface area contributed by atoms with Crippen molar-refractivity contribution in [3.8, 4) is 0 Å². The Bertz CT molecular complexity index is 820. The average molecular weight is 406 g/mol. The van der Waals surface area contributed by atoms with Gasteiger partial charge in [-0.15, -0.1) is 0 Å². The molecule has 3 fully saturated rings. The van der Waals surface area contributed by atoms with Gasteiger partial charge in [-0.25, -0.2) is 4.39 Å². The van der Waals surface area contributed by atoms with Gasteiger partial charge in [-0.05, 0) is 57.4 Å². The van der Waals surface area contributed by atoms with Crippen LogP contribution in [0.15, 0.2) is 11.6 Å². The van der Waals surface area contributed by atoms with Crippen LogP contribution in [0.5, 0.6) is 0 Å². The van der Waals surface area contributed by atoms with Gasteiger partial charge in [0.15, 0.2) is 17.2 Å². The number of alkyl halides is 1. The molecule has 0 saturated heterocycles. The minimum absolute atomic E-state index is 0.0287. The molecule has 0 unspecified atom stereocenters. The van der Waals surface area contributed by atoms with Gasteiger partial charge in [0, 0.05) is 30.1 Å². The maximum absolute atomic E-state index is 17.0. The first-order chi connectivity index (χ1) is 13.4. The van der Waals surface area contributed by atoms with Crippen LogP contribution in [0, 0.1) is 22.7 Å². The van der Waals surface area contributed by atoms with Gasteiger partial charge in [-0.2, -0.15) is 0 Å². The van der Waals surface area contributed by atoms with E-state index in [9.17, 15) is 19.5 Å². The highest BCUT2D eigenvalue weighted by molar-refractivity contribution is 5.92. The lowest BCUT2D eigenvalue weighted by atomic mass is 9.44. The molecule has 0 radical (unpaired) electrons. The molecule has 1 N–H and O–H groups in total. The Kier molecular flexibility index (Phi) is 4.44. The largest absolute Gasteiger partial charge is 0.451 e. The van der Waals surface area contributed by atoms with Crippen LogP contribution in [-0.4, -0.2) is 40.0 Å². The molecule has 4 aliphatic rings. The molecule has 0 heterocycles. The molecule has 3 saturated carbocycles. The van der Waals surface area contributed by atoms with Gasteiger partial charge in [0.1, 0.15) is 5.67 Å². The van der Waals surface area contributed by atoms with Gasteiger partial charge in [0.25, 0.3) is 0 Å². The third-order valence-corrected chi connectivity index (χ3v) is 9.05. The highest BCUT2D eigenvalue weighted by Gasteiger charge is 2.75. The Morgan fingerprint density at radius 1 is 1.14 bits per heavy atom. The van der Waals surface area contributed by atoms with Crippen LogP contribution in [0.3, 0.4) is 0 Å². The lowest BCUT2D eigenvalue weighted by molar-refractivity contribution is -0.231. The van der Waals surface area contributed by atoms with Crippen LogP contribution in [0.1, 0.15) is 72.6 Å². The number of Topliss-reactive ketones (excluding diaryl/α,β-unsaturated/α-hetero) is 1. The van der Waals surface area contributed by atoms with Crippen LogP contribution in [0.25, 0.3) is 0 Å². The fourth-order valence-electron chi connectivity index (χ4n) is 7.62. The Balaban J connectivity index is 1.81. The zero-order valence-corrected chi connectivity index (χ0v) is 17.7. The van der Waals surface area contributed by atoms with E-state index in [1.165, 1.54) is 13.8 Å². The maximum Gasteiger partial charge on any atom is 0.303 e. The van der Waals surface area contributed by atoms with E-state index in [0.29, 0.717) is 32.1 Å². The second-order valence-corrected chi connectivity index (χ2v) is 10.1. The van der Waals surface area contributed by atoms with Crippen molar-refractivity contribution < 1.29 is 28.6 Å². The van der Waals surface area contributed by atoms with E-state index in [-0.39, 0.29) is 30.3 Å². The standard InChI is InChI=1S/C23H31FO5/c1-13(25)22(29-14(2)26)10-8-17-18-6-5-15-11-16(27)7-9-20(15,3)23(18,24)19(28)12-21(17,22)4/h11,17-19,28H,5-10,12H2,1-4H3/t17-,18-,19-,20-,21-,22-,23+/m0/s1. The summed E-state index contributed by atoms with van der Waals surface area (Å²) < 4.78 is 22.6. The first-order valence-electron chi connectivity index (χ1n) is 10.7. The number of aliphatic hydroxyl groups is 1. The molecule has 0 aromatic heterocycles. The fraction of sp³-hybridized carbons (Fsp3) is 0.783. The lowest BCUT2D eigenvalue weighted by Gasteiger charge is -2.63. The van der Waals surface area contributed by atoms with Gasteiger partial charge >= 0.3 is 5.97 Å². The number of carbonyl (C=O) groups is 3. The molecular weight excluding hydrogens is 375 g/mol. The number of ether oxygens (including phenoxy) is 1. The van der Waals surface area contributed by atoms with Crippen molar-refractivity contribution >= 4 is 17.5 Å². The predicted molar refractivity (Wildman–Crippen MR) is 104 cm³/mol. The smallest absolute Gasteiger partial charge is 0.303 e. The molecule has 0 aliphatic heterocycles. The number of ketones is 2. The molecule has 0 amide bonds. The van der Waals surface area contributed by atoms with Gasteiger partial charge in [0.2, 0.25) is 0 Å². The second-order valence-electron chi connectivity index (χ2n) is 10.1. The Morgan fingerprint density at radius 2 is 1.83 bits per heavy atom. The number of hydrogen-bond acceptors (Lipinski definition) is 5. The number of rotatable bonds is 2. The maximum atomic E-state index is 17.0. The SMILES string of the molecule is CC(=O)O[C@]1(C(C)=O)CC[C@H]2[C@@H]3CCC4=CC(=O)CC[C@]4(C)[C@]3(F)[C@@H](O)C[C@@]21C. The summed E-state index contributed by atoms with van der Waals surface area (Å²) in [5.74, 6) is -1.35. The summed E-state index contributed by atoms with van der Waals surface area (Å²) in [5, 5.41) is 11.3. The first kappa shape index (κ1) is 20.7. The molecule has 7 atom stereocenters. The third-order valence-electron chi connectivity index (χ3n) is 9.05. The number of carbonyl (C=O) groups excluding carboxylic acids is 3. The van der Waals surface area contributed by atoms with Crippen LogP contribution in [0.2, 0.25) is 0 Å². The van der Waals surface area contributed by atoms with E-state index in [2.05, 4.69) is 0 Å². The summed E-state index contributed by atoms with van der Waals surface area (Å²) in [6.07, 6.45) is 3.15. The molecule has 0 aromatic rings. The van der Waals surface area contributed by atoms with E-state index in [0.717, 1.165) is 5.57 Å². The normalized spacial score (nSPS) is 48.8. The van der Waals surface area contributed by atoms with E-state index in [1.807, 2.05) is 13.8 Å². The molecule has 160 valence electrons. The number of allylic oxidation sites excluding steroid dienone is 1. The molecule has 29 heavy (non-hydrogen) atoms. The Morgan fingerprint density at radius 3 is 2.45 bits per heavy atom. The summed E-state index contributed by atoms with van der Waals surface area (Å²) in [4.78, 5) is 36.6. The van der Waals surface area contributed by atoms with Gasteiger partial charge in [0.05, 0.1) is 6.10 Å². The minimum atomic E-state index is -1.86. The average Bonchev–Trinajstić information content (AvgIpc) is 2.90. The summed E-state index contributed by atoms with van der Waals surface area (Å²) in [5.41, 5.74) is -4.05. The van der Waals surface area contributed by atoms with Crippen LogP contribution in [0.4, 0.5) is 4.39 Å². The predicted octanol–water partition coefficient (Wildman–Crippen LogP) is 3.47. The summed E-state index contributed by atoms with van der Waals surface area (Å²) >= 11 is 0. The summed E-state index contributed by atoms with van der Waals surface area (Å²) in [7, 11) is 0. The number of halogens is 1. The lowest BCUT2D eigenvalue weighted by Crippen LogP contribution is -2.69. The van der Waals surface area contributed by atoms with Crippen molar-refractivity contribution in [3.63, 3.8) is 0 Å². The Labute approximate surface area is 171 Å². The molecule has 0 spiro atoms. The third kappa shape index (κ3) is 2.38. The molecule has 6 heteroatoms. The summed E-state index contributed by atoms with van der Waals surface area (Å²) in [6.45, 7) is 6.45. The van der Waals surface area contributed by atoms with Crippen molar-refractivity contribution in [3.05, 3.63) is 11.6 Å². The van der Waals surface area contributed by atoms with Crippen LogP contribution in [-0.2, 0) is 19.1 Å². The topological polar surface area (TPSA) is 80.7 Å². The molecule has 4 rings (SSSR count). The van der Waals surface area contributed by atoms with E-state index < -0.39 is 40.1 Å². The zero-order valence-electron chi connectivity index (χ0n) is 17.7. The second kappa shape index (κ2) is 6.22. The molecule has 0 bridgehead atoms. The number of hydrogen-bond donors (Lipinski definition) is 1. The highest BCUT2D eigenvalue weighted by atomic mass is 19.1. The summed E-state index contributed by atoms with van der Waals surface area (Å²) in [6, 6.07) is 0. The fourth-order valence-corrected chi connectivity index (χ4v) is 7.62. The van der Waals surface area contributed by atoms with E-state index >= 15 is 4.39 Å². The van der Waals surface area contributed by atoms with Crippen LogP contribution >= 0.6 is 0 Å². The number of esters is 1. The van der Waals surface area contributed by atoms with Crippen LogP contribution < -0.4 is 0 Å². The first-order valence-corrected chi connectivity index (χ1v) is 10.7. The highest BCUT2D eigenvalue weighted by Crippen LogP contribution is 2.70. The van der Waals surface area contributed by atoms with Gasteiger partial charge in [-0.3, -0.25) is 14.4 Å². The monoisotopic (exact) mass is 406 g/mol. The molecule has 0 aromatic carbocycles. The van der Waals surface area contributed by atoms with E-state index in [1.54, 1.807) is 6.08 Å². The minimum Gasteiger partial charge on any atom is -0.451 e. The van der Waals surface area contributed by atoms with Crippen molar-refractivity contribution in [1.29, 1.82) is 0 Å². The van der Waals surface area contributed by atoms with Crippen molar-refractivity contribution in [1.82, 2.24) is 0 Å².